The summed E-state index contributed by atoms with van der Waals surface area (Å²) in [5.41, 5.74) is 2.31. The van der Waals surface area contributed by atoms with Gasteiger partial charge in [0, 0.05) is 5.92 Å². The zero-order chi connectivity index (χ0) is 19.6. The van der Waals surface area contributed by atoms with E-state index in [4.69, 9.17) is 0 Å². The molecule has 1 aromatic rings. The predicted molar refractivity (Wildman–Crippen MR) is 91.2 cm³/mol. The lowest BCUT2D eigenvalue weighted by atomic mass is 10.0. The van der Waals surface area contributed by atoms with Crippen molar-refractivity contribution in [2.75, 3.05) is 12.4 Å². The number of halogens is 3. The second-order valence-corrected chi connectivity index (χ2v) is 6.41. The van der Waals surface area contributed by atoms with Crippen LogP contribution in [0, 0.1) is 5.92 Å². The quantitative estimate of drug-likeness (QED) is 0.787. The number of hydrogen-bond acceptors (Lipinski definition) is 4. The van der Waals surface area contributed by atoms with Crippen LogP contribution in [0.2, 0.25) is 0 Å². The third kappa shape index (κ3) is 4.50. The van der Waals surface area contributed by atoms with Crippen LogP contribution in [0.4, 0.5) is 18.9 Å². The fourth-order valence-electron chi connectivity index (χ4n) is 3.37. The van der Waals surface area contributed by atoms with Gasteiger partial charge < -0.3 is 14.8 Å². The molecule has 0 saturated heterocycles. The Hall–Kier alpha value is -2.77. The van der Waals surface area contributed by atoms with Crippen LogP contribution in [-0.4, -0.2) is 25.3 Å². The maximum atomic E-state index is 12.6. The van der Waals surface area contributed by atoms with Gasteiger partial charge in [-0.25, -0.2) is 4.79 Å². The first-order valence-electron chi connectivity index (χ1n) is 8.43. The second-order valence-electron chi connectivity index (χ2n) is 6.41. The number of anilines is 1. The summed E-state index contributed by atoms with van der Waals surface area (Å²) in [5, 5.41) is 2.64. The van der Waals surface area contributed by atoms with Crippen molar-refractivity contribution in [1.29, 1.82) is 0 Å². The van der Waals surface area contributed by atoms with Gasteiger partial charge in [0.25, 0.3) is 0 Å². The Morgan fingerprint density at radius 1 is 1.22 bits per heavy atom. The number of ether oxygens (including phenoxy) is 2. The zero-order valence-corrected chi connectivity index (χ0v) is 14.6. The fraction of sp³-hybridized carbons (Fsp3) is 0.368. The summed E-state index contributed by atoms with van der Waals surface area (Å²) in [7, 11) is 1.10. The lowest BCUT2D eigenvalue weighted by molar-refractivity contribution is -0.274. The number of rotatable bonds is 4. The van der Waals surface area contributed by atoms with Crippen LogP contribution in [0.5, 0.6) is 5.75 Å². The Balaban J connectivity index is 1.76. The molecule has 1 unspecified atom stereocenters. The van der Waals surface area contributed by atoms with Crippen LogP contribution in [0.3, 0.4) is 0 Å². The number of esters is 1. The lowest BCUT2D eigenvalue weighted by Crippen LogP contribution is -2.23. The average Bonchev–Trinajstić information content (AvgIpc) is 3.05. The number of alkyl halides is 3. The number of methoxy groups -OCH3 is 1. The fourth-order valence-corrected chi connectivity index (χ4v) is 3.37. The summed E-state index contributed by atoms with van der Waals surface area (Å²) in [6, 6.07) is 3.14. The highest BCUT2D eigenvalue weighted by Gasteiger charge is 2.32. The summed E-state index contributed by atoms with van der Waals surface area (Å²) in [6.07, 6.45) is 2.38. The van der Waals surface area contributed by atoms with E-state index in [2.05, 4.69) is 20.9 Å². The average molecular weight is 381 g/mol. The Morgan fingerprint density at radius 2 is 2.00 bits per heavy atom. The highest BCUT2D eigenvalue weighted by Crippen LogP contribution is 2.38. The molecule has 0 bridgehead atoms. The molecule has 3 rings (SSSR count). The maximum absolute atomic E-state index is 12.6. The Kier molecular flexibility index (Phi) is 5.25. The molecule has 27 heavy (non-hydrogen) atoms. The second kappa shape index (κ2) is 7.46. The van der Waals surface area contributed by atoms with Crippen molar-refractivity contribution in [1.82, 2.24) is 0 Å². The number of amides is 1. The molecule has 8 heteroatoms. The first kappa shape index (κ1) is 19.0. The Labute approximate surface area is 153 Å². The van der Waals surface area contributed by atoms with Crippen LogP contribution in [0.1, 0.15) is 36.0 Å². The van der Waals surface area contributed by atoms with Gasteiger partial charge in [-0.15, -0.1) is 13.2 Å². The van der Waals surface area contributed by atoms with Crippen molar-refractivity contribution < 1.29 is 32.2 Å². The van der Waals surface area contributed by atoms with E-state index in [9.17, 15) is 22.8 Å². The van der Waals surface area contributed by atoms with Crippen LogP contribution in [-0.2, 0) is 9.53 Å². The third-order valence-corrected chi connectivity index (χ3v) is 4.60. The van der Waals surface area contributed by atoms with E-state index in [0.717, 1.165) is 32.1 Å². The number of hydrogen-bond donors (Lipinski definition) is 1. The molecule has 1 atom stereocenters. The first-order chi connectivity index (χ1) is 12.8. The smallest absolute Gasteiger partial charge is 0.465 e. The normalized spacial score (nSPS) is 18.9. The molecule has 1 aromatic carbocycles. The van der Waals surface area contributed by atoms with Gasteiger partial charge in [0.2, 0.25) is 5.91 Å². The molecule has 0 aromatic heterocycles. The summed E-state index contributed by atoms with van der Waals surface area (Å²) in [5.74, 6) is -1.99. The molecular formula is C19H18F3NO4. The van der Waals surface area contributed by atoms with Crippen molar-refractivity contribution in [3.8, 4) is 5.75 Å². The van der Waals surface area contributed by atoms with Gasteiger partial charge in [-0.3, -0.25) is 4.79 Å². The summed E-state index contributed by atoms with van der Waals surface area (Å²) in [4.78, 5) is 24.5. The minimum absolute atomic E-state index is 0.0850. The number of nitrogens with one attached hydrogen (secondary N) is 1. The molecule has 2 aliphatic carbocycles. The van der Waals surface area contributed by atoms with Crippen molar-refractivity contribution in [3.05, 3.63) is 47.1 Å². The van der Waals surface area contributed by atoms with Gasteiger partial charge in [-0.05, 0) is 49.5 Å². The van der Waals surface area contributed by atoms with E-state index < -0.39 is 18.1 Å². The van der Waals surface area contributed by atoms with Gasteiger partial charge in [0.1, 0.15) is 5.75 Å². The number of allylic oxidation sites excluding steroid dienone is 4. The number of benzene rings is 1. The largest absolute Gasteiger partial charge is 0.573 e. The topological polar surface area (TPSA) is 64.6 Å². The van der Waals surface area contributed by atoms with Gasteiger partial charge in [-0.2, -0.15) is 0 Å². The van der Waals surface area contributed by atoms with Crippen molar-refractivity contribution in [2.45, 2.75) is 32.0 Å². The van der Waals surface area contributed by atoms with E-state index in [1.165, 1.54) is 17.2 Å². The van der Waals surface area contributed by atoms with Crippen molar-refractivity contribution in [3.63, 3.8) is 0 Å². The molecule has 0 heterocycles. The summed E-state index contributed by atoms with van der Waals surface area (Å²) >= 11 is 0. The van der Waals surface area contributed by atoms with E-state index in [1.54, 1.807) is 0 Å². The minimum atomic E-state index is -4.89. The monoisotopic (exact) mass is 381 g/mol. The third-order valence-electron chi connectivity index (χ3n) is 4.60. The van der Waals surface area contributed by atoms with Crippen molar-refractivity contribution >= 4 is 17.6 Å². The van der Waals surface area contributed by atoms with Crippen LogP contribution < -0.4 is 10.1 Å². The molecule has 1 N–H and O–H groups in total. The highest BCUT2D eigenvalue weighted by molar-refractivity contribution is 6.02. The lowest BCUT2D eigenvalue weighted by Gasteiger charge is -2.15. The predicted octanol–water partition coefficient (Wildman–Crippen LogP) is 4.37. The van der Waals surface area contributed by atoms with Crippen LogP contribution in [0.15, 0.2) is 41.5 Å². The Bertz CT molecular complexity index is 827. The van der Waals surface area contributed by atoms with E-state index in [1.807, 2.05) is 6.08 Å². The van der Waals surface area contributed by atoms with Gasteiger partial charge in [0.15, 0.2) is 0 Å². The van der Waals surface area contributed by atoms with Crippen LogP contribution in [0.25, 0.3) is 0 Å². The molecule has 5 nitrogen and oxygen atoms in total. The molecule has 0 saturated carbocycles. The molecule has 0 fully saturated rings. The molecule has 0 radical (unpaired) electrons. The maximum Gasteiger partial charge on any atom is 0.573 e. The molecular weight excluding hydrogens is 363 g/mol. The van der Waals surface area contributed by atoms with E-state index in [-0.39, 0.29) is 23.1 Å². The summed E-state index contributed by atoms with van der Waals surface area (Å²) in [6.45, 7) is 0. The number of carbonyl (C=O) groups excluding carboxylic acids is 2. The molecule has 144 valence electrons. The van der Waals surface area contributed by atoms with Crippen LogP contribution >= 0.6 is 0 Å². The van der Waals surface area contributed by atoms with Gasteiger partial charge in [0.05, 0.1) is 18.4 Å². The van der Waals surface area contributed by atoms with E-state index >= 15 is 0 Å². The van der Waals surface area contributed by atoms with Crippen molar-refractivity contribution in [2.24, 2.45) is 5.92 Å². The SMILES string of the molecule is COC(=O)c1cc(OC(F)(F)F)ccc1NC(=O)C1CC2=C(CCC=C2)C1. The first-order valence-corrected chi connectivity index (χ1v) is 8.43. The van der Waals surface area contributed by atoms with E-state index in [0.29, 0.717) is 12.8 Å². The molecule has 2 aliphatic rings. The standard InChI is InChI=1S/C19H18F3NO4/c1-26-18(25)15-10-14(27-19(20,21)22)6-7-16(15)23-17(24)13-8-11-4-2-3-5-12(11)9-13/h2,4,6-7,10,13H,3,5,8-9H2,1H3,(H,23,24). The highest BCUT2D eigenvalue weighted by atomic mass is 19.4. The molecule has 0 aliphatic heterocycles. The number of carbonyl (C=O) groups is 2. The summed E-state index contributed by atoms with van der Waals surface area (Å²) < 4.78 is 45.6. The molecule has 1 amide bonds. The van der Waals surface area contributed by atoms with Gasteiger partial charge in [-0.1, -0.05) is 17.7 Å². The molecule has 0 spiro atoms. The zero-order valence-electron chi connectivity index (χ0n) is 14.6. The van der Waals surface area contributed by atoms with Gasteiger partial charge >= 0.3 is 12.3 Å². The Morgan fingerprint density at radius 3 is 2.67 bits per heavy atom. The minimum Gasteiger partial charge on any atom is -0.465 e.